The molecule has 29 heavy (non-hydrogen) atoms. The number of oxazole rings is 1. The van der Waals surface area contributed by atoms with Crippen LogP contribution in [-0.4, -0.2) is 36.8 Å². The van der Waals surface area contributed by atoms with Crippen molar-refractivity contribution in [3.8, 4) is 22.8 Å². The fourth-order valence-corrected chi connectivity index (χ4v) is 3.77. The lowest BCUT2D eigenvalue weighted by Crippen LogP contribution is -2.04. The lowest BCUT2D eigenvalue weighted by Gasteiger charge is -2.06. The average Bonchev–Trinajstić information content (AvgIpc) is 3.45. The second-order valence-electron chi connectivity index (χ2n) is 7.28. The molecule has 4 aromatic heterocycles. The van der Waals surface area contributed by atoms with Crippen LogP contribution >= 0.6 is 0 Å². The zero-order valence-corrected chi connectivity index (χ0v) is 16.7. The van der Waals surface area contributed by atoms with Crippen molar-refractivity contribution >= 4 is 27.8 Å². The fourth-order valence-electron chi connectivity index (χ4n) is 3.77. The SMILES string of the molecule is CNc1ncnc2c1c(-c1[nH]c3cc(-c4ncco4)ccc3c1C)nn2C(C)C. The summed E-state index contributed by atoms with van der Waals surface area (Å²) in [5.41, 5.74) is 5.66. The molecule has 0 aliphatic carbocycles. The number of hydrogen-bond acceptors (Lipinski definition) is 6. The van der Waals surface area contributed by atoms with Crippen molar-refractivity contribution in [2.45, 2.75) is 26.8 Å². The van der Waals surface area contributed by atoms with Crippen LogP contribution in [0.2, 0.25) is 0 Å². The van der Waals surface area contributed by atoms with Gasteiger partial charge in [0.15, 0.2) is 5.65 Å². The van der Waals surface area contributed by atoms with Crippen LogP contribution in [0.15, 0.2) is 41.4 Å². The molecule has 0 atom stereocenters. The van der Waals surface area contributed by atoms with Gasteiger partial charge in [0, 0.05) is 29.6 Å². The lowest BCUT2D eigenvalue weighted by molar-refractivity contribution is 0.547. The van der Waals surface area contributed by atoms with Crippen molar-refractivity contribution in [1.29, 1.82) is 0 Å². The summed E-state index contributed by atoms with van der Waals surface area (Å²) in [6.07, 6.45) is 4.79. The van der Waals surface area contributed by atoms with Gasteiger partial charge < -0.3 is 14.7 Å². The van der Waals surface area contributed by atoms with Gasteiger partial charge in [0.05, 0.1) is 17.3 Å². The third-order valence-electron chi connectivity index (χ3n) is 5.19. The van der Waals surface area contributed by atoms with Gasteiger partial charge in [0.1, 0.15) is 24.1 Å². The van der Waals surface area contributed by atoms with E-state index in [4.69, 9.17) is 9.52 Å². The number of anilines is 1. The van der Waals surface area contributed by atoms with Crippen LogP contribution in [0.1, 0.15) is 25.5 Å². The average molecular weight is 387 g/mol. The molecule has 5 aromatic rings. The smallest absolute Gasteiger partial charge is 0.225 e. The van der Waals surface area contributed by atoms with Gasteiger partial charge in [-0.05, 0) is 38.5 Å². The van der Waals surface area contributed by atoms with E-state index in [2.05, 4.69) is 58.2 Å². The molecule has 8 heteroatoms. The Hall–Kier alpha value is -3.68. The largest absolute Gasteiger partial charge is 0.445 e. The monoisotopic (exact) mass is 387 g/mol. The highest BCUT2D eigenvalue weighted by Gasteiger charge is 2.22. The lowest BCUT2D eigenvalue weighted by atomic mass is 10.1. The van der Waals surface area contributed by atoms with E-state index >= 15 is 0 Å². The van der Waals surface area contributed by atoms with Gasteiger partial charge in [0.2, 0.25) is 5.89 Å². The summed E-state index contributed by atoms with van der Waals surface area (Å²) < 4.78 is 7.38. The Bertz CT molecular complexity index is 1330. The molecule has 4 heterocycles. The number of aromatic nitrogens is 6. The van der Waals surface area contributed by atoms with Gasteiger partial charge in [-0.25, -0.2) is 19.6 Å². The van der Waals surface area contributed by atoms with E-state index in [1.54, 1.807) is 18.8 Å². The highest BCUT2D eigenvalue weighted by Crippen LogP contribution is 2.37. The number of rotatable bonds is 4. The molecular formula is C21H21N7O. The van der Waals surface area contributed by atoms with E-state index in [9.17, 15) is 0 Å². The predicted octanol–water partition coefficient (Wildman–Crippen LogP) is 4.56. The molecule has 0 spiro atoms. The van der Waals surface area contributed by atoms with Gasteiger partial charge in [-0.2, -0.15) is 5.10 Å². The minimum absolute atomic E-state index is 0.173. The first-order chi connectivity index (χ1) is 14.1. The number of aromatic amines is 1. The van der Waals surface area contributed by atoms with Crippen LogP contribution in [0.25, 0.3) is 44.8 Å². The van der Waals surface area contributed by atoms with Crippen LogP contribution in [-0.2, 0) is 0 Å². The highest BCUT2D eigenvalue weighted by molar-refractivity contribution is 6.02. The normalized spacial score (nSPS) is 11.8. The molecule has 5 rings (SSSR count). The number of benzene rings is 1. The molecule has 0 aliphatic rings. The summed E-state index contributed by atoms with van der Waals surface area (Å²) in [6.45, 7) is 6.29. The number of aryl methyl sites for hydroxylation is 1. The first-order valence-electron chi connectivity index (χ1n) is 9.52. The van der Waals surface area contributed by atoms with Gasteiger partial charge in [0.25, 0.3) is 0 Å². The Morgan fingerprint density at radius 3 is 2.76 bits per heavy atom. The molecule has 8 nitrogen and oxygen atoms in total. The molecule has 0 amide bonds. The molecule has 146 valence electrons. The number of nitrogens with zero attached hydrogens (tertiary/aromatic N) is 5. The van der Waals surface area contributed by atoms with Gasteiger partial charge >= 0.3 is 0 Å². The molecule has 0 radical (unpaired) electrons. The maximum Gasteiger partial charge on any atom is 0.225 e. The Labute approximate surface area is 167 Å². The summed E-state index contributed by atoms with van der Waals surface area (Å²) in [5.74, 6) is 1.36. The van der Waals surface area contributed by atoms with Crippen LogP contribution < -0.4 is 5.32 Å². The molecule has 1 aromatic carbocycles. The number of hydrogen-bond donors (Lipinski definition) is 2. The van der Waals surface area contributed by atoms with E-state index in [1.807, 2.05) is 17.8 Å². The van der Waals surface area contributed by atoms with E-state index in [-0.39, 0.29) is 6.04 Å². The molecule has 0 bridgehead atoms. The fraction of sp³-hybridized carbons (Fsp3) is 0.238. The van der Waals surface area contributed by atoms with Crippen LogP contribution in [0.5, 0.6) is 0 Å². The zero-order valence-electron chi connectivity index (χ0n) is 16.7. The quantitative estimate of drug-likeness (QED) is 0.469. The first-order valence-corrected chi connectivity index (χ1v) is 9.52. The maximum atomic E-state index is 5.44. The van der Waals surface area contributed by atoms with Crippen molar-refractivity contribution in [1.82, 2.24) is 29.7 Å². The summed E-state index contributed by atoms with van der Waals surface area (Å²) >= 11 is 0. The van der Waals surface area contributed by atoms with E-state index in [1.165, 1.54) is 0 Å². The summed E-state index contributed by atoms with van der Waals surface area (Å²) in [6, 6.07) is 6.33. The molecule has 2 N–H and O–H groups in total. The minimum atomic E-state index is 0.173. The van der Waals surface area contributed by atoms with E-state index in [0.29, 0.717) is 5.89 Å². The molecule has 0 aliphatic heterocycles. The van der Waals surface area contributed by atoms with Crippen LogP contribution in [0.3, 0.4) is 0 Å². The first kappa shape index (κ1) is 17.4. The van der Waals surface area contributed by atoms with Crippen molar-refractivity contribution in [2.75, 3.05) is 12.4 Å². The van der Waals surface area contributed by atoms with Gasteiger partial charge in [-0.3, -0.25) is 0 Å². The van der Waals surface area contributed by atoms with Gasteiger partial charge in [-0.1, -0.05) is 6.07 Å². The molecule has 0 unspecified atom stereocenters. The summed E-state index contributed by atoms with van der Waals surface area (Å²) in [4.78, 5) is 16.7. The third-order valence-corrected chi connectivity index (χ3v) is 5.19. The Morgan fingerprint density at radius 1 is 1.17 bits per heavy atom. The maximum absolute atomic E-state index is 5.44. The molecule has 0 fully saturated rings. The highest BCUT2D eigenvalue weighted by atomic mass is 16.3. The third kappa shape index (κ3) is 2.60. The minimum Gasteiger partial charge on any atom is -0.445 e. The van der Waals surface area contributed by atoms with Crippen molar-refractivity contribution in [3.05, 3.63) is 42.5 Å². The van der Waals surface area contributed by atoms with Crippen LogP contribution in [0.4, 0.5) is 5.82 Å². The standard InChI is InChI=1S/C21H21N7O/c1-11(2)28-20-16(19(22-4)24-10-25-20)18(27-28)17-12(3)14-6-5-13(9-15(14)26-17)21-23-7-8-29-21/h5-11,26H,1-4H3,(H,22,24,25). The molecule has 0 saturated carbocycles. The van der Waals surface area contributed by atoms with Gasteiger partial charge in [-0.15, -0.1) is 0 Å². The predicted molar refractivity (Wildman–Crippen MR) is 113 cm³/mol. The van der Waals surface area contributed by atoms with E-state index < -0.39 is 0 Å². The topological polar surface area (TPSA) is 97.5 Å². The Kier molecular flexibility index (Phi) is 3.87. The second kappa shape index (κ2) is 6.44. The Balaban J connectivity index is 1.77. The van der Waals surface area contributed by atoms with E-state index in [0.717, 1.165) is 50.3 Å². The molecule has 0 saturated heterocycles. The zero-order chi connectivity index (χ0) is 20.1. The number of H-pyrrole nitrogens is 1. The van der Waals surface area contributed by atoms with Crippen molar-refractivity contribution < 1.29 is 4.42 Å². The Morgan fingerprint density at radius 2 is 2.03 bits per heavy atom. The van der Waals surface area contributed by atoms with Crippen LogP contribution in [0, 0.1) is 6.92 Å². The summed E-state index contributed by atoms with van der Waals surface area (Å²) in [5, 5.41) is 10.1. The second-order valence-corrected chi connectivity index (χ2v) is 7.28. The van der Waals surface area contributed by atoms with Crippen molar-refractivity contribution in [3.63, 3.8) is 0 Å². The number of nitrogens with one attached hydrogen (secondary N) is 2. The summed E-state index contributed by atoms with van der Waals surface area (Å²) in [7, 11) is 1.86. The number of fused-ring (bicyclic) bond motifs is 2. The van der Waals surface area contributed by atoms with Crippen molar-refractivity contribution in [2.24, 2.45) is 0 Å². The molecular weight excluding hydrogens is 366 g/mol.